The van der Waals surface area contributed by atoms with Crippen LogP contribution in [0.2, 0.25) is 0 Å². The van der Waals surface area contributed by atoms with Crippen molar-refractivity contribution in [2.45, 2.75) is 494 Å². The number of rotatable bonds is 36. The zero-order valence-electron chi connectivity index (χ0n) is 80.9. The molecule has 5 rings (SSSR count). The summed E-state index contributed by atoms with van der Waals surface area (Å²) >= 11 is 0. The lowest BCUT2D eigenvalue weighted by atomic mass is 9.81. The molecule has 0 aromatic heterocycles. The first kappa shape index (κ1) is 111. The molecule has 0 aromatic carbocycles. The van der Waals surface area contributed by atoms with Gasteiger partial charge >= 0.3 is 35.8 Å². The molecule has 126 heavy (non-hydrogen) atoms. The Bertz CT molecular complexity index is 2930. The number of hydrogen-bond acceptors (Lipinski definition) is 12. The third-order valence-corrected chi connectivity index (χ3v) is 28.1. The average molecular weight is 1750 g/mol. The maximum absolute atomic E-state index is 13.3. The molecule has 0 aromatic rings. The Labute approximate surface area is 772 Å². The SMILES string of the molecule is C=CCCCCC1C=CC(CCCCCCCC(=O)OCC2COC(=O)CCCCCCCC3/C=C\C(CCCCC=C)CCCCCCCC3C=CCCCCCCCC(=O)O2)C(C=CCCCCCCCC(=O)OCC2COC(=O)CCCCCCCC=CC3CCCCCCCC(CCCCC=C)/C=C\C3CCCCCCCC(=O)O2)CCCCCCC1. The Morgan fingerprint density at radius 2 is 0.619 bits per heavy atom. The summed E-state index contributed by atoms with van der Waals surface area (Å²) < 4.78 is 34.7. The number of allylic oxidation sites excluding steroid dienone is 15. The van der Waals surface area contributed by atoms with Crippen molar-refractivity contribution in [1.29, 1.82) is 0 Å². The number of ether oxygens (including phenoxy) is 6. The summed E-state index contributed by atoms with van der Waals surface area (Å²) in [6.07, 6.45) is 116. The molecule has 11 unspecified atom stereocenters. The van der Waals surface area contributed by atoms with Crippen molar-refractivity contribution in [2.75, 3.05) is 26.4 Å². The van der Waals surface area contributed by atoms with E-state index in [1.54, 1.807) is 0 Å². The monoisotopic (exact) mass is 1750 g/mol. The first-order chi connectivity index (χ1) is 62.0. The van der Waals surface area contributed by atoms with E-state index < -0.39 is 12.2 Å². The summed E-state index contributed by atoms with van der Waals surface area (Å²) in [4.78, 5) is 79.3. The summed E-state index contributed by atoms with van der Waals surface area (Å²) in [6, 6.07) is 0. The van der Waals surface area contributed by atoms with Gasteiger partial charge in [0.1, 0.15) is 26.4 Å². The molecule has 5 aliphatic rings. The standard InChI is InChI=1S/C114H190O12/c1-4-7-10-46-67-98-70-49-28-22-34-55-76-101(73-52-31-16-13-19-40-61-82-109(115)121-94-108-95-122-110(116)83-62-41-20-14-17-32-53-74-103-78-57-36-24-30-51-72-100(69-48-12-9-6-3)90-93-106(103)81-60-39-27-45-66-87-114(120)126-108)104(91-88-98)79-58-37-25-43-63-84-111(117)123-96-107-97-124-112(118)85-64-44-26-38-59-80-105-92-89-99(68-47-11-8-5-2)71-50-29-23-35-56-77-102(105)75-54-33-18-15-21-42-65-86-113(119)125-107/h4-6,52-54,73-75,88-93,98-108H,1-3,7-51,55-72,76-87,94-97H2/b73-52?,74-53?,75-54?,91-88?,92-89-,93-90-. The van der Waals surface area contributed by atoms with Crippen molar-refractivity contribution >= 4 is 35.8 Å². The second-order valence-electron chi connectivity index (χ2n) is 39.3. The van der Waals surface area contributed by atoms with Crippen molar-refractivity contribution < 1.29 is 57.2 Å². The molecule has 12 nitrogen and oxygen atoms in total. The van der Waals surface area contributed by atoms with E-state index in [1.807, 2.05) is 0 Å². The summed E-state index contributed by atoms with van der Waals surface area (Å²) in [5.74, 6) is 3.32. The van der Waals surface area contributed by atoms with Crippen LogP contribution < -0.4 is 0 Å². The number of unbranched alkanes of at least 4 members (excludes halogenated alkanes) is 15. The van der Waals surface area contributed by atoms with E-state index >= 15 is 0 Å². The summed E-state index contributed by atoms with van der Waals surface area (Å²) in [5.41, 5.74) is 0. The summed E-state index contributed by atoms with van der Waals surface area (Å²) in [6.45, 7) is 11.4. The van der Waals surface area contributed by atoms with Crippen molar-refractivity contribution in [3.63, 3.8) is 0 Å². The lowest BCUT2D eigenvalue weighted by Crippen LogP contribution is -2.30. The Kier molecular flexibility index (Phi) is 69.8. The Morgan fingerprint density at radius 1 is 0.310 bits per heavy atom. The van der Waals surface area contributed by atoms with Crippen LogP contribution in [0.3, 0.4) is 0 Å². The Morgan fingerprint density at radius 3 is 1.02 bits per heavy atom. The number of cyclic esters (lactones) is 4. The zero-order valence-corrected chi connectivity index (χ0v) is 80.9. The molecule has 0 fully saturated rings. The van der Waals surface area contributed by atoms with E-state index in [0.29, 0.717) is 78.9 Å². The second-order valence-corrected chi connectivity index (χ2v) is 39.3. The van der Waals surface area contributed by atoms with Gasteiger partial charge in [-0.25, -0.2) is 0 Å². The van der Waals surface area contributed by atoms with Crippen molar-refractivity contribution in [3.8, 4) is 0 Å². The predicted molar refractivity (Wildman–Crippen MR) is 527 cm³/mol. The summed E-state index contributed by atoms with van der Waals surface area (Å²) in [7, 11) is 0. The van der Waals surface area contributed by atoms with E-state index in [1.165, 1.54) is 218 Å². The molecule has 3 aliphatic carbocycles. The fraction of sp³-hybridized carbons (Fsp3) is 0.789. The average Bonchev–Trinajstić information content (AvgIpc) is 0.912. The lowest BCUT2D eigenvalue weighted by Gasteiger charge is -2.24. The minimum absolute atomic E-state index is 0.114. The smallest absolute Gasteiger partial charge is 0.306 e. The second kappa shape index (κ2) is 79.2. The highest BCUT2D eigenvalue weighted by Crippen LogP contribution is 2.36. The molecule has 11 atom stereocenters. The molecular formula is C114H190O12. The first-order valence-corrected chi connectivity index (χ1v) is 53.9. The van der Waals surface area contributed by atoms with Gasteiger partial charge in [-0.2, -0.15) is 0 Å². The molecule has 0 saturated heterocycles. The molecule has 12 heteroatoms. The third kappa shape index (κ3) is 61.2. The van der Waals surface area contributed by atoms with Gasteiger partial charge in [0, 0.05) is 38.5 Å². The Hall–Kier alpha value is -5.52. The maximum atomic E-state index is 13.3. The van der Waals surface area contributed by atoms with Crippen LogP contribution in [0.1, 0.15) is 482 Å². The fourth-order valence-corrected chi connectivity index (χ4v) is 20.0. The highest BCUT2D eigenvalue weighted by Gasteiger charge is 2.26. The van der Waals surface area contributed by atoms with Gasteiger partial charge in [0.15, 0.2) is 12.2 Å². The number of carbonyl (C=O) groups is 6. The number of fused-ring (bicyclic) bond motifs is 2. The quantitative estimate of drug-likeness (QED) is 0.0253. The van der Waals surface area contributed by atoms with Gasteiger partial charge in [0.05, 0.1) is 0 Å². The van der Waals surface area contributed by atoms with Crippen molar-refractivity contribution in [1.82, 2.24) is 0 Å². The van der Waals surface area contributed by atoms with Crippen LogP contribution in [-0.4, -0.2) is 74.5 Å². The van der Waals surface area contributed by atoms with Gasteiger partial charge in [-0.1, -0.05) is 342 Å². The molecule has 2 aliphatic heterocycles. The third-order valence-electron chi connectivity index (χ3n) is 28.1. The van der Waals surface area contributed by atoms with E-state index in [0.717, 1.165) is 225 Å². The minimum Gasteiger partial charge on any atom is -0.462 e. The molecule has 0 saturated carbocycles. The van der Waals surface area contributed by atoms with E-state index in [4.69, 9.17) is 28.4 Å². The van der Waals surface area contributed by atoms with Crippen LogP contribution in [0.15, 0.2) is 111 Å². The number of hydrogen-bond donors (Lipinski definition) is 0. The molecule has 2 heterocycles. The first-order valence-electron chi connectivity index (χ1n) is 53.9. The fourth-order valence-electron chi connectivity index (χ4n) is 20.0. The number of esters is 6. The van der Waals surface area contributed by atoms with Crippen molar-refractivity contribution in [2.24, 2.45) is 53.3 Å². The van der Waals surface area contributed by atoms with Gasteiger partial charge in [0.2, 0.25) is 0 Å². The largest absolute Gasteiger partial charge is 0.462 e. The van der Waals surface area contributed by atoms with E-state index in [9.17, 15) is 28.8 Å². The van der Waals surface area contributed by atoms with Crippen molar-refractivity contribution in [3.05, 3.63) is 111 Å². The van der Waals surface area contributed by atoms with Gasteiger partial charge in [0.25, 0.3) is 0 Å². The Balaban J connectivity index is 1.04. The van der Waals surface area contributed by atoms with Gasteiger partial charge in [-0.05, 0) is 246 Å². The van der Waals surface area contributed by atoms with Crippen LogP contribution in [0.4, 0.5) is 0 Å². The highest BCUT2D eigenvalue weighted by atomic mass is 16.6. The van der Waals surface area contributed by atoms with Crippen LogP contribution >= 0.6 is 0 Å². The zero-order chi connectivity index (χ0) is 89.5. The highest BCUT2D eigenvalue weighted by molar-refractivity contribution is 5.72. The molecule has 0 N–H and O–H groups in total. The molecule has 0 spiro atoms. The molecule has 718 valence electrons. The van der Waals surface area contributed by atoms with E-state index in [2.05, 4.69) is 111 Å². The molecular weight excluding hydrogens is 1560 g/mol. The topological polar surface area (TPSA) is 158 Å². The predicted octanol–water partition coefficient (Wildman–Crippen LogP) is 32.7. The van der Waals surface area contributed by atoms with Crippen LogP contribution in [0.5, 0.6) is 0 Å². The van der Waals surface area contributed by atoms with Gasteiger partial charge in [-0.3, -0.25) is 28.8 Å². The minimum atomic E-state index is -0.835. The molecule has 0 radical (unpaired) electrons. The van der Waals surface area contributed by atoms with Gasteiger partial charge in [-0.15, -0.1) is 19.7 Å². The lowest BCUT2D eigenvalue weighted by molar-refractivity contribution is -0.167. The molecule has 0 bridgehead atoms. The van der Waals surface area contributed by atoms with Crippen LogP contribution in [0.25, 0.3) is 0 Å². The normalized spacial score (nSPS) is 26.2. The summed E-state index contributed by atoms with van der Waals surface area (Å²) in [5, 5.41) is 0. The van der Waals surface area contributed by atoms with E-state index in [-0.39, 0.29) is 75.1 Å². The number of carbonyl (C=O) groups excluding carboxylic acids is 6. The molecule has 0 amide bonds. The van der Waals surface area contributed by atoms with Gasteiger partial charge < -0.3 is 28.4 Å². The maximum Gasteiger partial charge on any atom is 0.306 e. The van der Waals surface area contributed by atoms with Crippen LogP contribution in [-0.2, 0) is 57.2 Å². The van der Waals surface area contributed by atoms with Crippen LogP contribution in [0, 0.1) is 53.3 Å².